The van der Waals surface area contributed by atoms with E-state index in [0.717, 1.165) is 5.56 Å². The number of benzene rings is 1. The number of amides is 1. The molecule has 1 N–H and O–H groups in total. The highest BCUT2D eigenvalue weighted by molar-refractivity contribution is 6.31. The van der Waals surface area contributed by atoms with Crippen LogP contribution in [0.1, 0.15) is 29.8 Å². The molecule has 3 heteroatoms. The van der Waals surface area contributed by atoms with Gasteiger partial charge in [0.15, 0.2) is 0 Å². The van der Waals surface area contributed by atoms with Crippen molar-refractivity contribution in [3.8, 4) is 0 Å². The van der Waals surface area contributed by atoms with E-state index in [1.807, 2.05) is 26.8 Å². The third-order valence-electron chi connectivity index (χ3n) is 1.66. The molecule has 78 valence electrons. The van der Waals surface area contributed by atoms with Gasteiger partial charge in [0.2, 0.25) is 0 Å². The molecular weight excluding hydrogens is 198 g/mol. The highest BCUT2D eigenvalue weighted by Crippen LogP contribution is 2.16. The van der Waals surface area contributed by atoms with Gasteiger partial charge in [0.1, 0.15) is 0 Å². The molecule has 0 spiro atoms. The number of hydrogen-bond donors (Lipinski definition) is 1. The first-order valence-electron chi connectivity index (χ1n) is 4.63. The highest BCUT2D eigenvalue weighted by Gasteiger charge is 2.03. The van der Waals surface area contributed by atoms with Crippen molar-refractivity contribution in [2.45, 2.75) is 20.8 Å². The quantitative estimate of drug-likeness (QED) is 0.764. The Balaban J connectivity index is 0.000000791. The average Bonchev–Trinajstić information content (AvgIpc) is 2.24. The van der Waals surface area contributed by atoms with E-state index in [1.54, 1.807) is 19.2 Å². The molecule has 0 aliphatic carbocycles. The fraction of sp³-hybridized carbons (Fsp3) is 0.364. The van der Waals surface area contributed by atoms with Crippen LogP contribution in [-0.4, -0.2) is 13.0 Å². The Morgan fingerprint density at radius 2 is 1.93 bits per heavy atom. The lowest BCUT2D eigenvalue weighted by molar-refractivity contribution is 0.0963. The summed E-state index contributed by atoms with van der Waals surface area (Å²) >= 11 is 5.83. The number of halogens is 1. The van der Waals surface area contributed by atoms with E-state index in [9.17, 15) is 4.79 Å². The molecule has 2 nitrogen and oxygen atoms in total. The van der Waals surface area contributed by atoms with Gasteiger partial charge in [-0.1, -0.05) is 31.5 Å². The van der Waals surface area contributed by atoms with Crippen molar-refractivity contribution >= 4 is 17.5 Å². The lowest BCUT2D eigenvalue weighted by Crippen LogP contribution is -2.17. The summed E-state index contributed by atoms with van der Waals surface area (Å²) in [6, 6.07) is 5.24. The molecular formula is C11H16ClNO. The standard InChI is InChI=1S/C9H10ClNO.C2H6/c1-6-3-4-7(5-8(6)10)9(12)11-2;1-2/h3-5H,1-2H3,(H,11,12);1-2H3. The van der Waals surface area contributed by atoms with Crippen molar-refractivity contribution in [2.75, 3.05) is 7.05 Å². The molecule has 1 aromatic rings. The fourth-order valence-corrected chi connectivity index (χ4v) is 1.06. The molecule has 0 aliphatic rings. The Bertz CT molecular complexity index is 310. The van der Waals surface area contributed by atoms with Crippen molar-refractivity contribution in [3.05, 3.63) is 34.3 Å². The number of carbonyl (C=O) groups is 1. The molecule has 1 rings (SSSR count). The molecule has 0 aromatic heterocycles. The Kier molecular flexibility index (Phi) is 5.97. The van der Waals surface area contributed by atoms with Crippen LogP contribution in [0.2, 0.25) is 5.02 Å². The third kappa shape index (κ3) is 3.38. The first-order chi connectivity index (χ1) is 6.65. The predicted octanol–water partition coefficient (Wildman–Crippen LogP) is 3.03. The van der Waals surface area contributed by atoms with Gasteiger partial charge in [-0.2, -0.15) is 0 Å². The van der Waals surface area contributed by atoms with E-state index < -0.39 is 0 Å². The average molecular weight is 214 g/mol. The lowest BCUT2D eigenvalue weighted by Gasteiger charge is -2.01. The van der Waals surface area contributed by atoms with Crippen molar-refractivity contribution in [3.63, 3.8) is 0 Å². The minimum atomic E-state index is -0.114. The SMILES string of the molecule is CC.CNC(=O)c1ccc(C)c(Cl)c1. The van der Waals surface area contributed by atoms with Gasteiger partial charge < -0.3 is 5.32 Å². The number of hydrogen-bond acceptors (Lipinski definition) is 1. The molecule has 0 saturated carbocycles. The summed E-state index contributed by atoms with van der Waals surface area (Å²) in [5.74, 6) is -0.114. The molecule has 0 saturated heterocycles. The topological polar surface area (TPSA) is 29.1 Å². The second kappa shape index (κ2) is 6.44. The van der Waals surface area contributed by atoms with Crippen molar-refractivity contribution < 1.29 is 4.79 Å². The maximum atomic E-state index is 11.1. The van der Waals surface area contributed by atoms with Gasteiger partial charge in [-0.05, 0) is 24.6 Å². The van der Waals surface area contributed by atoms with Crippen LogP contribution in [0.5, 0.6) is 0 Å². The first-order valence-corrected chi connectivity index (χ1v) is 5.01. The Hall–Kier alpha value is -1.02. The summed E-state index contributed by atoms with van der Waals surface area (Å²) in [5.41, 5.74) is 1.57. The number of rotatable bonds is 1. The van der Waals surface area contributed by atoms with Crippen molar-refractivity contribution in [1.82, 2.24) is 5.32 Å². The predicted molar refractivity (Wildman–Crippen MR) is 60.9 cm³/mol. The smallest absolute Gasteiger partial charge is 0.251 e. The van der Waals surface area contributed by atoms with Crippen LogP contribution in [0.15, 0.2) is 18.2 Å². The van der Waals surface area contributed by atoms with Crippen LogP contribution in [0.4, 0.5) is 0 Å². The van der Waals surface area contributed by atoms with Gasteiger partial charge in [0, 0.05) is 17.6 Å². The minimum Gasteiger partial charge on any atom is -0.355 e. The van der Waals surface area contributed by atoms with Crippen LogP contribution in [0.3, 0.4) is 0 Å². The summed E-state index contributed by atoms with van der Waals surface area (Å²) in [6.07, 6.45) is 0. The van der Waals surface area contributed by atoms with Gasteiger partial charge in [0.25, 0.3) is 5.91 Å². The van der Waals surface area contributed by atoms with Gasteiger partial charge in [0.05, 0.1) is 0 Å². The minimum absolute atomic E-state index is 0.114. The molecule has 0 radical (unpaired) electrons. The third-order valence-corrected chi connectivity index (χ3v) is 2.07. The lowest BCUT2D eigenvalue weighted by atomic mass is 10.1. The van der Waals surface area contributed by atoms with Crippen molar-refractivity contribution in [2.24, 2.45) is 0 Å². The van der Waals surface area contributed by atoms with Crippen LogP contribution in [0, 0.1) is 6.92 Å². The van der Waals surface area contributed by atoms with Crippen LogP contribution in [-0.2, 0) is 0 Å². The van der Waals surface area contributed by atoms with Gasteiger partial charge in [-0.15, -0.1) is 0 Å². The largest absolute Gasteiger partial charge is 0.355 e. The molecule has 0 aliphatic heterocycles. The molecule has 0 unspecified atom stereocenters. The molecule has 1 aromatic carbocycles. The monoisotopic (exact) mass is 213 g/mol. The molecule has 0 atom stereocenters. The summed E-state index contributed by atoms with van der Waals surface area (Å²) in [6.45, 7) is 5.90. The summed E-state index contributed by atoms with van der Waals surface area (Å²) in [7, 11) is 1.59. The van der Waals surface area contributed by atoms with Crippen LogP contribution < -0.4 is 5.32 Å². The first kappa shape index (κ1) is 13.0. The van der Waals surface area contributed by atoms with E-state index in [1.165, 1.54) is 0 Å². The number of nitrogens with one attached hydrogen (secondary N) is 1. The molecule has 1 amide bonds. The van der Waals surface area contributed by atoms with Crippen LogP contribution in [0.25, 0.3) is 0 Å². The normalized spacial score (nSPS) is 8.64. The number of aryl methyl sites for hydroxylation is 1. The van der Waals surface area contributed by atoms with E-state index in [-0.39, 0.29) is 5.91 Å². The van der Waals surface area contributed by atoms with E-state index in [0.29, 0.717) is 10.6 Å². The molecule has 0 bridgehead atoms. The van der Waals surface area contributed by atoms with Gasteiger partial charge >= 0.3 is 0 Å². The zero-order chi connectivity index (χ0) is 11.1. The van der Waals surface area contributed by atoms with Gasteiger partial charge in [-0.3, -0.25) is 4.79 Å². The maximum absolute atomic E-state index is 11.1. The summed E-state index contributed by atoms with van der Waals surface area (Å²) in [4.78, 5) is 11.1. The maximum Gasteiger partial charge on any atom is 0.251 e. The zero-order valence-corrected chi connectivity index (χ0v) is 9.77. The van der Waals surface area contributed by atoms with E-state index >= 15 is 0 Å². The van der Waals surface area contributed by atoms with E-state index in [4.69, 9.17) is 11.6 Å². The summed E-state index contributed by atoms with van der Waals surface area (Å²) in [5, 5.41) is 3.15. The van der Waals surface area contributed by atoms with Crippen LogP contribution >= 0.6 is 11.6 Å². The zero-order valence-electron chi connectivity index (χ0n) is 9.02. The second-order valence-corrected chi connectivity index (χ2v) is 2.95. The Labute approximate surface area is 90.3 Å². The Morgan fingerprint density at radius 3 is 2.36 bits per heavy atom. The highest BCUT2D eigenvalue weighted by atomic mass is 35.5. The molecule has 0 heterocycles. The fourth-order valence-electron chi connectivity index (χ4n) is 0.878. The van der Waals surface area contributed by atoms with Crippen molar-refractivity contribution in [1.29, 1.82) is 0 Å². The van der Waals surface area contributed by atoms with E-state index in [2.05, 4.69) is 5.32 Å². The molecule has 0 fully saturated rings. The number of carbonyl (C=O) groups excluding carboxylic acids is 1. The van der Waals surface area contributed by atoms with Gasteiger partial charge in [-0.25, -0.2) is 0 Å². The second-order valence-electron chi connectivity index (χ2n) is 2.54. The Morgan fingerprint density at radius 1 is 1.36 bits per heavy atom. The molecule has 14 heavy (non-hydrogen) atoms. The summed E-state index contributed by atoms with van der Waals surface area (Å²) < 4.78 is 0.